The number of hydrogen-bond donors (Lipinski definition) is 1. The zero-order valence-corrected chi connectivity index (χ0v) is 39.5. The topological polar surface area (TPSA) is 30.1 Å². The van der Waals surface area contributed by atoms with E-state index in [0.717, 1.165) is 55.9 Å². The summed E-state index contributed by atoms with van der Waals surface area (Å²) in [6, 6.07) is 67.3. The monoisotopic (exact) mass is 889 g/mol. The Morgan fingerprint density at radius 2 is 1.21 bits per heavy atom. The van der Waals surface area contributed by atoms with E-state index in [2.05, 4.69) is 234 Å². The average molecular weight is 890 g/mol. The fourth-order valence-electron chi connectivity index (χ4n) is 11.5. The number of furan rings is 1. The van der Waals surface area contributed by atoms with Crippen LogP contribution in [0, 0.1) is 0 Å². The zero-order chi connectivity index (χ0) is 45.6. The van der Waals surface area contributed by atoms with Gasteiger partial charge in [-0.3, -0.25) is 0 Å². The molecule has 1 radical (unpaired) electrons. The van der Waals surface area contributed by atoms with E-state index in [1.807, 2.05) is 11.3 Å². The quantitative estimate of drug-likeness (QED) is 0.175. The standard InChI is InChI=1S/C63H46BN2OS/c1-62(2,3)38-24-26-39(27-25-38)65-53-35-57-47(41-21-13-15-23-56(41)68-57)31-45(53)42-28-29-43-46-30-44-40-20-12-14-22-50(40)63(4,5)51(44)34-54(46)66-55-33-49-48(32-52(55)64-58(42)59(43)66)60(36-16-8-6-9-17-36)67-61(49)37-18-10-7-11-19-37/h6-35,65H,1-5H3. The van der Waals surface area contributed by atoms with Crippen LogP contribution in [-0.4, -0.2) is 11.8 Å². The van der Waals surface area contributed by atoms with Crippen LogP contribution in [0.4, 0.5) is 11.4 Å². The molecule has 5 heteroatoms. The summed E-state index contributed by atoms with van der Waals surface area (Å²) in [6.45, 7) is 11.6. The maximum absolute atomic E-state index is 7.03. The molecule has 0 bridgehead atoms. The molecule has 323 valence electrons. The molecule has 0 saturated carbocycles. The van der Waals surface area contributed by atoms with Crippen molar-refractivity contribution in [3.05, 3.63) is 199 Å². The Labute approximate surface area is 400 Å². The number of benzene rings is 9. The van der Waals surface area contributed by atoms with Crippen molar-refractivity contribution in [2.75, 3.05) is 5.32 Å². The van der Waals surface area contributed by atoms with Gasteiger partial charge in [0, 0.05) is 86.4 Å². The van der Waals surface area contributed by atoms with Crippen LogP contribution in [-0.2, 0) is 10.8 Å². The summed E-state index contributed by atoms with van der Waals surface area (Å²) in [4.78, 5) is 0. The molecular weight excluding hydrogens is 844 g/mol. The van der Waals surface area contributed by atoms with E-state index in [-0.39, 0.29) is 10.8 Å². The minimum atomic E-state index is -0.154. The number of anilines is 2. The molecule has 0 fully saturated rings. The molecule has 0 amide bonds. The van der Waals surface area contributed by atoms with Crippen LogP contribution in [0.2, 0.25) is 0 Å². The van der Waals surface area contributed by atoms with Gasteiger partial charge in [-0.05, 0) is 92.8 Å². The Morgan fingerprint density at radius 1 is 0.529 bits per heavy atom. The molecule has 3 aromatic heterocycles. The number of fused-ring (bicyclic) bond motifs is 12. The van der Waals surface area contributed by atoms with Gasteiger partial charge < -0.3 is 14.3 Å². The third-order valence-electron chi connectivity index (χ3n) is 15.0. The van der Waals surface area contributed by atoms with E-state index in [9.17, 15) is 0 Å². The lowest BCUT2D eigenvalue weighted by Crippen LogP contribution is -2.37. The van der Waals surface area contributed by atoms with Gasteiger partial charge >= 0.3 is 0 Å². The van der Waals surface area contributed by atoms with E-state index in [4.69, 9.17) is 4.42 Å². The van der Waals surface area contributed by atoms with Crippen LogP contribution in [0.1, 0.15) is 51.3 Å². The van der Waals surface area contributed by atoms with Crippen LogP contribution in [0.3, 0.4) is 0 Å². The van der Waals surface area contributed by atoms with Gasteiger partial charge in [0.2, 0.25) is 0 Å². The Hall–Kier alpha value is -7.60. The lowest BCUT2D eigenvalue weighted by Gasteiger charge is -2.25. The minimum Gasteiger partial charge on any atom is -0.455 e. The Morgan fingerprint density at radius 3 is 1.96 bits per heavy atom. The molecule has 9 aromatic carbocycles. The van der Waals surface area contributed by atoms with Gasteiger partial charge in [-0.1, -0.05) is 174 Å². The Bertz CT molecular complexity index is 4070. The summed E-state index contributed by atoms with van der Waals surface area (Å²) in [5.41, 5.74) is 19.2. The summed E-state index contributed by atoms with van der Waals surface area (Å²) in [5.74, 6) is 1.77. The first kappa shape index (κ1) is 39.6. The van der Waals surface area contributed by atoms with E-state index in [1.54, 1.807) is 0 Å². The number of hydrogen-bond acceptors (Lipinski definition) is 3. The molecule has 2 aliphatic rings. The number of nitrogens with zero attached hydrogens (tertiary/aromatic N) is 1. The van der Waals surface area contributed by atoms with Crippen molar-refractivity contribution < 1.29 is 4.42 Å². The number of aromatic nitrogens is 1. The molecule has 12 aromatic rings. The second-order valence-corrected chi connectivity index (χ2v) is 21.5. The molecule has 3 nitrogen and oxygen atoms in total. The normalized spacial score (nSPS) is 13.6. The first-order valence-corrected chi connectivity index (χ1v) is 24.6. The first-order chi connectivity index (χ1) is 33.1. The molecule has 1 aliphatic heterocycles. The molecule has 4 heterocycles. The van der Waals surface area contributed by atoms with Crippen LogP contribution in [0.15, 0.2) is 186 Å². The molecule has 14 rings (SSSR count). The van der Waals surface area contributed by atoms with Gasteiger partial charge in [-0.25, -0.2) is 0 Å². The molecule has 0 unspecified atom stereocenters. The molecular formula is C63H46BN2OS. The highest BCUT2D eigenvalue weighted by Crippen LogP contribution is 2.52. The van der Waals surface area contributed by atoms with Crippen molar-refractivity contribution in [1.82, 2.24) is 4.57 Å². The number of rotatable bonds is 5. The van der Waals surface area contributed by atoms with Gasteiger partial charge in [-0.2, -0.15) is 0 Å². The van der Waals surface area contributed by atoms with Gasteiger partial charge in [0.15, 0.2) is 7.28 Å². The summed E-state index contributed by atoms with van der Waals surface area (Å²) in [5, 5.41) is 11.2. The average Bonchev–Trinajstić information content (AvgIpc) is 4.08. The summed E-state index contributed by atoms with van der Waals surface area (Å²) in [6.07, 6.45) is 0. The lowest BCUT2D eigenvalue weighted by molar-refractivity contribution is 0.590. The Balaban J connectivity index is 1.07. The van der Waals surface area contributed by atoms with Gasteiger partial charge in [0.25, 0.3) is 0 Å². The van der Waals surface area contributed by atoms with Crippen LogP contribution in [0.5, 0.6) is 0 Å². The van der Waals surface area contributed by atoms with Crippen molar-refractivity contribution in [2.24, 2.45) is 0 Å². The maximum atomic E-state index is 7.03. The second-order valence-electron chi connectivity index (χ2n) is 20.4. The summed E-state index contributed by atoms with van der Waals surface area (Å²) in [7, 11) is 2.46. The van der Waals surface area contributed by atoms with Crippen LogP contribution in [0.25, 0.3) is 103 Å². The molecule has 68 heavy (non-hydrogen) atoms. The fraction of sp³-hybridized carbons (Fsp3) is 0.111. The van der Waals surface area contributed by atoms with E-state index < -0.39 is 0 Å². The van der Waals surface area contributed by atoms with E-state index >= 15 is 0 Å². The van der Waals surface area contributed by atoms with Crippen molar-refractivity contribution in [3.63, 3.8) is 0 Å². The van der Waals surface area contributed by atoms with Crippen LogP contribution >= 0.6 is 11.3 Å². The van der Waals surface area contributed by atoms with Crippen molar-refractivity contribution in [1.29, 1.82) is 0 Å². The SMILES string of the molecule is CC(C)(C)c1ccc(Nc2cc3sc4ccccc4c3cc2-c2ccc3c4cc5c(cc4n4c3c2[B]c2cc3c(-c6ccccc6)oc(-c6ccccc6)c3cc2-4)C(C)(C)c2ccccc2-5)cc1. The van der Waals surface area contributed by atoms with Gasteiger partial charge in [0.05, 0.1) is 5.52 Å². The predicted molar refractivity (Wildman–Crippen MR) is 291 cm³/mol. The highest BCUT2D eigenvalue weighted by molar-refractivity contribution is 7.25. The first-order valence-electron chi connectivity index (χ1n) is 23.7. The summed E-state index contributed by atoms with van der Waals surface area (Å²) < 4.78 is 12.2. The van der Waals surface area contributed by atoms with Gasteiger partial charge in [-0.15, -0.1) is 11.3 Å². The van der Waals surface area contributed by atoms with Crippen LogP contribution < -0.4 is 16.2 Å². The summed E-state index contributed by atoms with van der Waals surface area (Å²) >= 11 is 1.86. The second kappa shape index (κ2) is 14.2. The van der Waals surface area contributed by atoms with E-state index in [0.29, 0.717) is 0 Å². The highest BCUT2D eigenvalue weighted by atomic mass is 32.1. The highest BCUT2D eigenvalue weighted by Gasteiger charge is 2.37. The van der Waals surface area contributed by atoms with Crippen molar-refractivity contribution >= 4 is 93.7 Å². The van der Waals surface area contributed by atoms with Gasteiger partial charge in [0.1, 0.15) is 11.5 Å². The maximum Gasteiger partial charge on any atom is 0.197 e. The largest absolute Gasteiger partial charge is 0.455 e. The lowest BCUT2D eigenvalue weighted by atomic mass is 9.58. The molecule has 0 spiro atoms. The number of thiophene rings is 1. The molecule has 0 atom stereocenters. The third kappa shape index (κ3) is 5.72. The van der Waals surface area contributed by atoms with Crippen molar-refractivity contribution in [3.8, 4) is 50.6 Å². The molecule has 1 aliphatic carbocycles. The van der Waals surface area contributed by atoms with E-state index in [1.165, 1.54) is 86.4 Å². The zero-order valence-electron chi connectivity index (χ0n) is 38.7. The molecule has 1 N–H and O–H groups in total. The predicted octanol–water partition coefficient (Wildman–Crippen LogP) is 16.2. The fourth-order valence-corrected chi connectivity index (χ4v) is 12.7. The smallest absolute Gasteiger partial charge is 0.197 e. The third-order valence-corrected chi connectivity index (χ3v) is 16.1. The number of nitrogens with one attached hydrogen (secondary N) is 1. The molecule has 0 saturated heterocycles. The minimum absolute atomic E-state index is 0.0641. The van der Waals surface area contributed by atoms with Crippen molar-refractivity contribution in [2.45, 2.75) is 45.4 Å². The Kier molecular flexibility index (Phi) is 8.27.